The van der Waals surface area contributed by atoms with Crippen LogP contribution >= 0.6 is 0 Å². The van der Waals surface area contributed by atoms with Gasteiger partial charge in [0, 0.05) is 30.0 Å². The highest BCUT2D eigenvalue weighted by Crippen LogP contribution is 2.69. The van der Waals surface area contributed by atoms with E-state index in [9.17, 15) is 9.59 Å². The predicted molar refractivity (Wildman–Crippen MR) is 124 cm³/mol. The van der Waals surface area contributed by atoms with Crippen molar-refractivity contribution in [3.63, 3.8) is 0 Å². The topological polar surface area (TPSA) is 130 Å². The summed E-state index contributed by atoms with van der Waals surface area (Å²) in [7, 11) is 0. The summed E-state index contributed by atoms with van der Waals surface area (Å²) in [6.45, 7) is 3.86. The first-order valence-electron chi connectivity index (χ1n) is 11.5. The highest BCUT2D eigenvalue weighted by molar-refractivity contribution is 6.03. The number of hydrogen-bond donors (Lipinski definition) is 2. The Morgan fingerprint density at radius 2 is 1.94 bits per heavy atom. The molecule has 0 radical (unpaired) electrons. The molecule has 0 aliphatic heterocycles. The lowest BCUT2D eigenvalue weighted by Crippen LogP contribution is -2.15. The summed E-state index contributed by atoms with van der Waals surface area (Å²) < 4.78 is 7.03. The molecule has 3 aromatic rings. The van der Waals surface area contributed by atoms with Crippen LogP contribution in [0.3, 0.4) is 0 Å². The van der Waals surface area contributed by atoms with Crippen molar-refractivity contribution in [3.05, 3.63) is 52.9 Å². The van der Waals surface area contributed by atoms with Gasteiger partial charge in [0.15, 0.2) is 0 Å². The molecule has 172 valence electrons. The summed E-state index contributed by atoms with van der Waals surface area (Å²) in [6, 6.07) is 9.33. The monoisotopic (exact) mass is 447 g/mol. The maximum Gasteiger partial charge on any atom is 0.254 e. The first kappa shape index (κ1) is 21.4. The molecule has 0 saturated heterocycles. The van der Waals surface area contributed by atoms with Gasteiger partial charge in [0.1, 0.15) is 28.6 Å². The molecule has 1 spiro atoms. The molecule has 8 heteroatoms. The van der Waals surface area contributed by atoms with E-state index in [1.807, 2.05) is 44.2 Å². The Labute approximate surface area is 192 Å². The van der Waals surface area contributed by atoms with Crippen molar-refractivity contribution < 1.29 is 14.1 Å². The van der Waals surface area contributed by atoms with Crippen molar-refractivity contribution in [3.8, 4) is 11.3 Å². The maximum absolute atomic E-state index is 12.6. The minimum atomic E-state index is -0.616. The Kier molecular flexibility index (Phi) is 5.11. The van der Waals surface area contributed by atoms with Crippen LogP contribution in [0.15, 0.2) is 34.9 Å². The molecule has 5 rings (SSSR count). The molecule has 2 saturated carbocycles. The number of Topliss-reactive ketones (excluding diaryl/α,β-unsaturated/α-hetero) is 1. The number of carbonyl (C=O) groups excluding carboxylic acids is 2. The van der Waals surface area contributed by atoms with Crippen LogP contribution in [0.2, 0.25) is 0 Å². The van der Waals surface area contributed by atoms with Gasteiger partial charge in [-0.3, -0.25) is 9.59 Å². The molecule has 33 heavy (non-hydrogen) atoms. The number of anilines is 1. The summed E-state index contributed by atoms with van der Waals surface area (Å²) in [6.07, 6.45) is 5.62. The van der Waals surface area contributed by atoms with Gasteiger partial charge in [-0.1, -0.05) is 35.8 Å². The van der Waals surface area contributed by atoms with Crippen molar-refractivity contribution in [1.82, 2.24) is 14.9 Å². The first-order chi connectivity index (χ1) is 15.8. The predicted octanol–water partition coefficient (Wildman–Crippen LogP) is 3.81. The molecule has 2 aromatic heterocycles. The minimum Gasteiger partial charge on any atom is -0.383 e. The van der Waals surface area contributed by atoms with Crippen LogP contribution in [0.4, 0.5) is 5.82 Å². The zero-order chi connectivity index (χ0) is 23.3. The highest BCUT2D eigenvalue weighted by Gasteiger charge is 2.59. The molecule has 2 aliphatic rings. The summed E-state index contributed by atoms with van der Waals surface area (Å²) in [5.74, 6) is 0.853. The fourth-order valence-corrected chi connectivity index (χ4v) is 5.08. The number of nitrogen functional groups attached to an aromatic ring is 1. The molecule has 2 fully saturated rings. The van der Waals surface area contributed by atoms with Gasteiger partial charge in [0.25, 0.3) is 5.91 Å². The van der Waals surface area contributed by atoms with E-state index in [0.29, 0.717) is 22.8 Å². The van der Waals surface area contributed by atoms with Crippen LogP contribution in [-0.4, -0.2) is 26.6 Å². The van der Waals surface area contributed by atoms with E-state index in [0.717, 1.165) is 16.8 Å². The molecule has 1 aromatic carbocycles. The van der Waals surface area contributed by atoms with E-state index in [1.54, 1.807) is 4.68 Å². The highest BCUT2D eigenvalue weighted by atomic mass is 16.5. The molecule has 8 nitrogen and oxygen atoms in total. The third kappa shape index (κ3) is 3.83. The van der Waals surface area contributed by atoms with Crippen LogP contribution < -0.4 is 11.5 Å². The van der Waals surface area contributed by atoms with Crippen molar-refractivity contribution in [2.24, 2.45) is 11.1 Å². The van der Waals surface area contributed by atoms with Crippen molar-refractivity contribution >= 4 is 17.5 Å². The summed E-state index contributed by atoms with van der Waals surface area (Å²) in [5.41, 5.74) is 15.4. The SMILES string of the molecule is CC(C)n1nc(-c2ccc(CC(=O)Cc3cc(C4CC45CCC5)no3)cc2)c(C(N)=O)c1N. The van der Waals surface area contributed by atoms with E-state index in [4.69, 9.17) is 16.0 Å². The van der Waals surface area contributed by atoms with Crippen LogP contribution in [0.25, 0.3) is 11.3 Å². The number of rotatable bonds is 8. The third-order valence-corrected chi connectivity index (χ3v) is 7.16. The Hall–Kier alpha value is -3.42. The van der Waals surface area contributed by atoms with E-state index < -0.39 is 5.91 Å². The third-order valence-electron chi connectivity index (χ3n) is 7.16. The zero-order valence-corrected chi connectivity index (χ0v) is 19.0. The Morgan fingerprint density at radius 3 is 2.52 bits per heavy atom. The van der Waals surface area contributed by atoms with Gasteiger partial charge in [0.05, 0.1) is 12.1 Å². The fourth-order valence-electron chi connectivity index (χ4n) is 5.08. The van der Waals surface area contributed by atoms with Crippen LogP contribution in [0.5, 0.6) is 0 Å². The lowest BCUT2D eigenvalue weighted by molar-refractivity contribution is -0.118. The fraction of sp³-hybridized carbons (Fsp3) is 0.440. The molecule has 1 unspecified atom stereocenters. The molecule has 2 aliphatic carbocycles. The lowest BCUT2D eigenvalue weighted by Gasteiger charge is -2.25. The number of carbonyl (C=O) groups is 2. The molecule has 2 heterocycles. The maximum atomic E-state index is 12.6. The summed E-state index contributed by atoms with van der Waals surface area (Å²) >= 11 is 0. The normalized spacial score (nSPS) is 18.5. The first-order valence-corrected chi connectivity index (χ1v) is 11.5. The van der Waals surface area contributed by atoms with Gasteiger partial charge in [-0.15, -0.1) is 0 Å². The van der Waals surface area contributed by atoms with Gasteiger partial charge >= 0.3 is 0 Å². The molecule has 0 bridgehead atoms. The smallest absolute Gasteiger partial charge is 0.254 e. The van der Waals surface area contributed by atoms with Crippen LogP contribution in [-0.2, 0) is 17.6 Å². The second-order valence-corrected chi connectivity index (χ2v) is 9.79. The van der Waals surface area contributed by atoms with Gasteiger partial charge < -0.3 is 16.0 Å². The van der Waals surface area contributed by atoms with Gasteiger partial charge in [-0.05, 0) is 44.1 Å². The second-order valence-electron chi connectivity index (χ2n) is 9.79. The largest absolute Gasteiger partial charge is 0.383 e. The van der Waals surface area contributed by atoms with Crippen LogP contribution in [0.1, 0.15) is 78.9 Å². The average molecular weight is 448 g/mol. The number of nitrogens with two attached hydrogens (primary N) is 2. The lowest BCUT2D eigenvalue weighted by atomic mass is 9.79. The zero-order valence-electron chi connectivity index (χ0n) is 19.0. The van der Waals surface area contributed by atoms with Crippen molar-refractivity contribution in [1.29, 1.82) is 0 Å². The van der Waals surface area contributed by atoms with E-state index in [1.165, 1.54) is 25.7 Å². The number of benzene rings is 1. The van der Waals surface area contributed by atoms with E-state index >= 15 is 0 Å². The van der Waals surface area contributed by atoms with Crippen molar-refractivity contribution in [2.75, 3.05) is 5.73 Å². The molecule has 1 atom stereocenters. The second kappa shape index (κ2) is 7.86. The molecule has 4 N–H and O–H groups in total. The number of amides is 1. The minimum absolute atomic E-state index is 0.00970. The average Bonchev–Trinajstić information content (AvgIpc) is 3.19. The van der Waals surface area contributed by atoms with Crippen molar-refractivity contribution in [2.45, 2.75) is 64.3 Å². The molecule has 1 amide bonds. The summed E-state index contributed by atoms with van der Waals surface area (Å²) in [5, 5.41) is 8.71. The quantitative estimate of drug-likeness (QED) is 0.540. The van der Waals surface area contributed by atoms with Gasteiger partial charge in [-0.25, -0.2) is 4.68 Å². The number of ketones is 1. The van der Waals surface area contributed by atoms with Crippen LogP contribution in [0, 0.1) is 5.41 Å². The molecular weight excluding hydrogens is 418 g/mol. The number of hydrogen-bond acceptors (Lipinski definition) is 6. The van der Waals surface area contributed by atoms with E-state index in [-0.39, 0.29) is 36.0 Å². The Bertz CT molecular complexity index is 1220. The Morgan fingerprint density at radius 1 is 1.21 bits per heavy atom. The van der Waals surface area contributed by atoms with Gasteiger partial charge in [0.2, 0.25) is 0 Å². The number of nitrogens with zero attached hydrogens (tertiary/aromatic N) is 3. The number of aromatic nitrogens is 3. The molecular formula is C25H29N5O3. The number of primary amides is 1. The van der Waals surface area contributed by atoms with E-state index in [2.05, 4.69) is 10.3 Å². The van der Waals surface area contributed by atoms with Gasteiger partial charge in [-0.2, -0.15) is 5.10 Å². The summed E-state index contributed by atoms with van der Waals surface area (Å²) in [4.78, 5) is 24.6. The Balaban J connectivity index is 1.25. The standard InChI is InChI=1S/C25H29N5O3/c1-14(2)30-23(26)21(24(27)32)22(28-30)16-6-4-15(5-7-16)10-17(31)11-18-12-20(29-33-18)19-13-25(19)8-3-9-25/h4-7,12,14,19H,3,8-11,13,26H2,1-2H3,(H2,27,32).